The number of benzene rings is 1. The van der Waals surface area contributed by atoms with E-state index in [0.29, 0.717) is 6.04 Å². The summed E-state index contributed by atoms with van der Waals surface area (Å²) in [6, 6.07) is 7.08. The van der Waals surface area contributed by atoms with E-state index in [2.05, 4.69) is 28.8 Å². The van der Waals surface area contributed by atoms with E-state index in [-0.39, 0.29) is 6.10 Å². The maximum Gasteiger partial charge on any atom is 0.0555 e. The highest BCUT2D eigenvalue weighted by atomic mass is 16.3. The Hall–Kier alpha value is -1.06. The first kappa shape index (κ1) is 12.9. The van der Waals surface area contributed by atoms with Crippen molar-refractivity contribution in [2.75, 3.05) is 11.9 Å². The van der Waals surface area contributed by atoms with Crippen LogP contribution in [-0.2, 0) is 13.0 Å². The van der Waals surface area contributed by atoms with Crippen LogP contribution in [0.5, 0.6) is 0 Å². The zero-order valence-electron chi connectivity index (χ0n) is 11.5. The van der Waals surface area contributed by atoms with Crippen LogP contribution in [0.15, 0.2) is 18.2 Å². The van der Waals surface area contributed by atoms with Gasteiger partial charge >= 0.3 is 0 Å². The summed E-state index contributed by atoms with van der Waals surface area (Å²) in [5, 5.41) is 16.9. The largest absolute Gasteiger partial charge is 0.393 e. The van der Waals surface area contributed by atoms with Crippen molar-refractivity contribution in [1.29, 1.82) is 0 Å². The normalized spacial score (nSPS) is 26.6. The van der Waals surface area contributed by atoms with E-state index in [1.165, 1.54) is 36.1 Å². The number of hydrogen-bond acceptors (Lipinski definition) is 3. The third-order valence-corrected chi connectivity index (χ3v) is 4.39. The molecule has 19 heavy (non-hydrogen) atoms. The second kappa shape index (κ2) is 5.93. The van der Waals surface area contributed by atoms with Crippen LogP contribution in [0.2, 0.25) is 0 Å². The van der Waals surface area contributed by atoms with Crippen LogP contribution >= 0.6 is 0 Å². The molecule has 1 aromatic carbocycles. The standard InChI is InChI=1S/C16H24N2O/c19-15-8-2-7-14(10-15)18-11-13-5-1-4-12-6-3-9-17-16(12)13/h1,4-5,14-15,17-19H,2-3,6-11H2. The lowest BCUT2D eigenvalue weighted by molar-refractivity contribution is 0.111. The molecular formula is C16H24N2O. The zero-order valence-corrected chi connectivity index (χ0v) is 11.5. The first-order chi connectivity index (χ1) is 9.33. The lowest BCUT2D eigenvalue weighted by atomic mass is 9.92. The Morgan fingerprint density at radius 2 is 2.21 bits per heavy atom. The minimum Gasteiger partial charge on any atom is -0.393 e. The van der Waals surface area contributed by atoms with Gasteiger partial charge in [0.2, 0.25) is 0 Å². The van der Waals surface area contributed by atoms with Crippen molar-refractivity contribution in [2.45, 2.75) is 57.2 Å². The molecule has 2 atom stereocenters. The number of hydrogen-bond donors (Lipinski definition) is 3. The van der Waals surface area contributed by atoms with Crippen LogP contribution < -0.4 is 10.6 Å². The number of aliphatic hydroxyl groups excluding tert-OH is 1. The molecule has 1 saturated carbocycles. The van der Waals surface area contributed by atoms with E-state index in [1.54, 1.807) is 0 Å². The summed E-state index contributed by atoms with van der Waals surface area (Å²) >= 11 is 0. The highest BCUT2D eigenvalue weighted by Gasteiger charge is 2.20. The van der Waals surface area contributed by atoms with Crippen LogP contribution in [0.1, 0.15) is 43.2 Å². The summed E-state index contributed by atoms with van der Waals surface area (Å²) in [7, 11) is 0. The molecule has 3 nitrogen and oxygen atoms in total. The van der Waals surface area contributed by atoms with Gasteiger partial charge in [-0.3, -0.25) is 0 Å². The Bertz CT molecular complexity index is 433. The molecule has 3 N–H and O–H groups in total. The molecule has 3 rings (SSSR count). The second-order valence-corrected chi connectivity index (χ2v) is 5.88. The van der Waals surface area contributed by atoms with Gasteiger partial charge in [0.1, 0.15) is 0 Å². The molecule has 1 aliphatic heterocycles. The third-order valence-electron chi connectivity index (χ3n) is 4.39. The van der Waals surface area contributed by atoms with Crippen LogP contribution in [0.4, 0.5) is 5.69 Å². The van der Waals surface area contributed by atoms with Gasteiger partial charge in [0.05, 0.1) is 6.10 Å². The molecule has 0 spiro atoms. The lowest BCUT2D eigenvalue weighted by Crippen LogP contribution is -2.35. The summed E-state index contributed by atoms with van der Waals surface area (Å²) in [5.74, 6) is 0. The molecule has 2 aliphatic rings. The molecule has 104 valence electrons. The van der Waals surface area contributed by atoms with Crippen LogP contribution in [0.25, 0.3) is 0 Å². The summed E-state index contributed by atoms with van der Waals surface area (Å²) in [6.45, 7) is 2.00. The number of nitrogens with one attached hydrogen (secondary N) is 2. The molecule has 0 aromatic heterocycles. The minimum absolute atomic E-state index is 0.103. The average Bonchev–Trinajstić information content (AvgIpc) is 2.45. The molecular weight excluding hydrogens is 236 g/mol. The summed E-state index contributed by atoms with van der Waals surface area (Å²) in [5.41, 5.74) is 4.17. The highest BCUT2D eigenvalue weighted by molar-refractivity contribution is 5.59. The first-order valence-corrected chi connectivity index (χ1v) is 7.59. The van der Waals surface area contributed by atoms with Gasteiger partial charge in [-0.25, -0.2) is 0 Å². The second-order valence-electron chi connectivity index (χ2n) is 5.88. The highest BCUT2D eigenvalue weighted by Crippen LogP contribution is 2.26. The lowest BCUT2D eigenvalue weighted by Gasteiger charge is -2.28. The maximum atomic E-state index is 9.72. The molecule has 0 saturated heterocycles. The van der Waals surface area contributed by atoms with Crippen molar-refractivity contribution < 1.29 is 5.11 Å². The Labute approximate surface area is 115 Å². The van der Waals surface area contributed by atoms with Gasteiger partial charge in [0, 0.05) is 24.8 Å². The quantitative estimate of drug-likeness (QED) is 0.782. The van der Waals surface area contributed by atoms with E-state index >= 15 is 0 Å². The topological polar surface area (TPSA) is 44.3 Å². The smallest absolute Gasteiger partial charge is 0.0555 e. The van der Waals surface area contributed by atoms with Crippen molar-refractivity contribution in [1.82, 2.24) is 5.32 Å². The van der Waals surface area contributed by atoms with Crippen LogP contribution in [0, 0.1) is 0 Å². The molecule has 0 amide bonds. The Kier molecular flexibility index (Phi) is 4.04. The Morgan fingerprint density at radius 1 is 1.26 bits per heavy atom. The number of para-hydroxylation sites is 1. The average molecular weight is 260 g/mol. The molecule has 2 unspecified atom stereocenters. The van der Waals surface area contributed by atoms with Crippen molar-refractivity contribution in [3.8, 4) is 0 Å². The number of aryl methyl sites for hydroxylation is 1. The van der Waals surface area contributed by atoms with Gasteiger partial charge in [-0.15, -0.1) is 0 Å². The van der Waals surface area contributed by atoms with E-state index in [1.807, 2.05) is 0 Å². The van der Waals surface area contributed by atoms with E-state index in [0.717, 1.165) is 32.4 Å². The molecule has 0 bridgehead atoms. The molecule has 1 heterocycles. The van der Waals surface area contributed by atoms with Gasteiger partial charge < -0.3 is 15.7 Å². The van der Waals surface area contributed by atoms with E-state index in [9.17, 15) is 5.11 Å². The van der Waals surface area contributed by atoms with Gasteiger partial charge in [-0.2, -0.15) is 0 Å². The fraction of sp³-hybridized carbons (Fsp3) is 0.625. The van der Waals surface area contributed by atoms with Gasteiger partial charge in [0.25, 0.3) is 0 Å². The number of anilines is 1. The summed E-state index contributed by atoms with van der Waals surface area (Å²) in [6.07, 6.45) is 6.54. The molecule has 1 aromatic rings. The van der Waals surface area contributed by atoms with E-state index < -0.39 is 0 Å². The predicted molar refractivity (Wildman–Crippen MR) is 78.4 cm³/mol. The molecule has 1 aliphatic carbocycles. The third kappa shape index (κ3) is 3.10. The Morgan fingerprint density at radius 3 is 3.11 bits per heavy atom. The summed E-state index contributed by atoms with van der Waals surface area (Å²) < 4.78 is 0. The van der Waals surface area contributed by atoms with Gasteiger partial charge in [-0.1, -0.05) is 18.2 Å². The SMILES string of the molecule is OC1CCCC(NCc2cccc3c2NCCC3)C1. The predicted octanol–water partition coefficient (Wildman–Crippen LogP) is 2.44. The van der Waals surface area contributed by atoms with Gasteiger partial charge in [0.15, 0.2) is 0 Å². The fourth-order valence-corrected chi connectivity index (χ4v) is 3.33. The molecule has 1 fully saturated rings. The maximum absolute atomic E-state index is 9.72. The molecule has 3 heteroatoms. The van der Waals surface area contributed by atoms with Crippen molar-refractivity contribution >= 4 is 5.69 Å². The molecule has 0 radical (unpaired) electrons. The minimum atomic E-state index is -0.103. The van der Waals surface area contributed by atoms with Crippen LogP contribution in [-0.4, -0.2) is 23.8 Å². The Balaban J connectivity index is 1.63. The number of rotatable bonds is 3. The first-order valence-electron chi connectivity index (χ1n) is 7.59. The fourth-order valence-electron chi connectivity index (χ4n) is 3.33. The van der Waals surface area contributed by atoms with E-state index in [4.69, 9.17) is 0 Å². The van der Waals surface area contributed by atoms with Crippen molar-refractivity contribution in [2.24, 2.45) is 0 Å². The monoisotopic (exact) mass is 260 g/mol. The van der Waals surface area contributed by atoms with Crippen molar-refractivity contribution in [3.63, 3.8) is 0 Å². The van der Waals surface area contributed by atoms with Gasteiger partial charge in [-0.05, 0) is 49.7 Å². The zero-order chi connectivity index (χ0) is 13.1. The number of aliphatic hydroxyl groups is 1. The van der Waals surface area contributed by atoms with Crippen molar-refractivity contribution in [3.05, 3.63) is 29.3 Å². The number of fused-ring (bicyclic) bond motifs is 1. The van der Waals surface area contributed by atoms with Crippen LogP contribution in [0.3, 0.4) is 0 Å². The summed E-state index contributed by atoms with van der Waals surface area (Å²) in [4.78, 5) is 0.